The fourth-order valence-corrected chi connectivity index (χ4v) is 4.69. The number of rotatable bonds is 6. The second-order valence-electron chi connectivity index (χ2n) is 6.69. The number of sulfonamides is 1. The molecule has 0 amide bonds. The van der Waals surface area contributed by atoms with Crippen LogP contribution >= 0.6 is 0 Å². The van der Waals surface area contributed by atoms with Crippen LogP contribution in [-0.4, -0.2) is 56.1 Å². The van der Waals surface area contributed by atoms with E-state index in [9.17, 15) is 13.2 Å². The summed E-state index contributed by atoms with van der Waals surface area (Å²) in [6.07, 6.45) is 0. The summed E-state index contributed by atoms with van der Waals surface area (Å²) in [7, 11) is -0.847. The Morgan fingerprint density at radius 1 is 1.10 bits per heavy atom. The van der Waals surface area contributed by atoms with Gasteiger partial charge in [-0.3, -0.25) is 0 Å². The zero-order valence-corrected chi connectivity index (χ0v) is 17.1. The van der Waals surface area contributed by atoms with Gasteiger partial charge in [0.1, 0.15) is 5.75 Å². The van der Waals surface area contributed by atoms with Gasteiger partial charge in [-0.2, -0.15) is 9.29 Å². The number of benzene rings is 2. The summed E-state index contributed by atoms with van der Waals surface area (Å²) in [6, 6.07) is 12.9. The normalized spacial score (nSPS) is 14.9. The van der Waals surface area contributed by atoms with Crippen LogP contribution in [0.5, 0.6) is 5.75 Å². The van der Waals surface area contributed by atoms with Gasteiger partial charge in [0.2, 0.25) is 21.7 Å². The van der Waals surface area contributed by atoms with Crippen LogP contribution in [0.1, 0.15) is 22.2 Å². The molecule has 0 atom stereocenters. The standard InChI is InChI=1S/C20H19N3O6S/c1-27-17-6-4-3-5-16(17)18-21-19(29-22-18)14-11-23(12-14)30(25,26)15-9-7-13(8-10-15)20(24)28-2/h3-10,14H,11-12H2,1-2H3. The Hall–Kier alpha value is -3.24. The molecule has 10 heteroatoms. The number of carbonyl (C=O) groups is 1. The van der Waals surface area contributed by atoms with E-state index in [1.165, 1.54) is 35.7 Å². The first-order chi connectivity index (χ1) is 14.4. The predicted molar refractivity (Wildman–Crippen MR) is 106 cm³/mol. The number of hydrogen-bond acceptors (Lipinski definition) is 8. The molecule has 4 rings (SSSR count). The van der Waals surface area contributed by atoms with E-state index in [2.05, 4.69) is 14.9 Å². The SMILES string of the molecule is COC(=O)c1ccc(S(=O)(=O)N2CC(c3nc(-c4ccccc4OC)no3)C2)cc1. The maximum Gasteiger partial charge on any atom is 0.337 e. The maximum absolute atomic E-state index is 12.8. The largest absolute Gasteiger partial charge is 0.496 e. The van der Waals surface area contributed by atoms with Crippen molar-refractivity contribution in [3.8, 4) is 17.1 Å². The van der Waals surface area contributed by atoms with Crippen molar-refractivity contribution in [1.82, 2.24) is 14.4 Å². The summed E-state index contributed by atoms with van der Waals surface area (Å²) < 4.78 is 42.2. The van der Waals surface area contributed by atoms with Crippen LogP contribution in [0, 0.1) is 0 Å². The van der Waals surface area contributed by atoms with Crippen molar-refractivity contribution in [2.45, 2.75) is 10.8 Å². The molecule has 2 heterocycles. The van der Waals surface area contributed by atoms with Gasteiger partial charge in [0.25, 0.3) is 0 Å². The van der Waals surface area contributed by atoms with Gasteiger partial charge in [-0.05, 0) is 36.4 Å². The number of ether oxygens (including phenoxy) is 2. The van der Waals surface area contributed by atoms with Crippen LogP contribution in [0.25, 0.3) is 11.4 Å². The third-order valence-corrected chi connectivity index (χ3v) is 6.75. The molecule has 1 aliphatic heterocycles. The maximum atomic E-state index is 12.8. The minimum Gasteiger partial charge on any atom is -0.496 e. The molecule has 0 radical (unpaired) electrons. The highest BCUT2D eigenvalue weighted by Gasteiger charge is 2.40. The van der Waals surface area contributed by atoms with Gasteiger partial charge in [-0.1, -0.05) is 17.3 Å². The van der Waals surface area contributed by atoms with Crippen molar-refractivity contribution >= 4 is 16.0 Å². The molecule has 0 N–H and O–H groups in total. The highest BCUT2D eigenvalue weighted by atomic mass is 32.2. The van der Waals surface area contributed by atoms with Gasteiger partial charge in [0.15, 0.2) is 0 Å². The van der Waals surface area contributed by atoms with E-state index < -0.39 is 16.0 Å². The Morgan fingerprint density at radius 2 is 1.80 bits per heavy atom. The molecule has 2 aromatic carbocycles. The van der Waals surface area contributed by atoms with Crippen molar-refractivity contribution in [1.29, 1.82) is 0 Å². The van der Waals surface area contributed by atoms with Gasteiger partial charge in [0, 0.05) is 13.1 Å². The Balaban J connectivity index is 1.46. The summed E-state index contributed by atoms with van der Waals surface area (Å²) in [5.41, 5.74) is 0.983. The molecular formula is C20H19N3O6S. The summed E-state index contributed by atoms with van der Waals surface area (Å²) in [4.78, 5) is 16.0. The van der Waals surface area contributed by atoms with Crippen molar-refractivity contribution in [3.63, 3.8) is 0 Å². The molecule has 156 valence electrons. The molecule has 0 spiro atoms. The molecule has 1 aliphatic rings. The molecule has 1 fully saturated rings. The number of hydrogen-bond donors (Lipinski definition) is 0. The van der Waals surface area contributed by atoms with E-state index in [0.717, 1.165) is 0 Å². The van der Waals surface area contributed by atoms with Gasteiger partial charge in [-0.25, -0.2) is 13.2 Å². The highest BCUT2D eigenvalue weighted by Crippen LogP contribution is 2.33. The van der Waals surface area contributed by atoms with Crippen molar-refractivity contribution in [2.24, 2.45) is 0 Å². The van der Waals surface area contributed by atoms with E-state index in [4.69, 9.17) is 9.26 Å². The van der Waals surface area contributed by atoms with Gasteiger partial charge < -0.3 is 14.0 Å². The molecule has 0 unspecified atom stereocenters. The summed E-state index contributed by atoms with van der Waals surface area (Å²) >= 11 is 0. The molecule has 0 saturated carbocycles. The smallest absolute Gasteiger partial charge is 0.337 e. The average molecular weight is 429 g/mol. The number of methoxy groups -OCH3 is 2. The van der Waals surface area contributed by atoms with Crippen LogP contribution in [0.3, 0.4) is 0 Å². The minimum atomic E-state index is -3.68. The number of nitrogens with zero attached hydrogens (tertiary/aromatic N) is 3. The van der Waals surface area contributed by atoms with Crippen molar-refractivity contribution in [2.75, 3.05) is 27.3 Å². The number of para-hydroxylation sites is 1. The van der Waals surface area contributed by atoms with Gasteiger partial charge >= 0.3 is 5.97 Å². The summed E-state index contributed by atoms with van der Waals surface area (Å²) in [5.74, 6) is 0.680. The summed E-state index contributed by atoms with van der Waals surface area (Å²) in [6.45, 7) is 0.462. The van der Waals surface area contributed by atoms with E-state index >= 15 is 0 Å². The lowest BCUT2D eigenvalue weighted by Gasteiger charge is -2.35. The van der Waals surface area contributed by atoms with Crippen LogP contribution < -0.4 is 4.74 Å². The fraction of sp³-hybridized carbons (Fsp3) is 0.250. The van der Waals surface area contributed by atoms with Gasteiger partial charge in [-0.15, -0.1) is 0 Å². The Morgan fingerprint density at radius 3 is 2.47 bits per heavy atom. The topological polar surface area (TPSA) is 112 Å². The molecular weight excluding hydrogens is 410 g/mol. The van der Waals surface area contributed by atoms with Crippen LogP contribution in [0.4, 0.5) is 0 Å². The third-order valence-electron chi connectivity index (χ3n) is 4.90. The highest BCUT2D eigenvalue weighted by molar-refractivity contribution is 7.89. The van der Waals surface area contributed by atoms with Crippen LogP contribution in [0.2, 0.25) is 0 Å². The Labute approximate surface area is 173 Å². The zero-order chi connectivity index (χ0) is 21.3. The number of esters is 1. The van der Waals surface area contributed by atoms with Crippen molar-refractivity contribution in [3.05, 3.63) is 60.0 Å². The molecule has 0 bridgehead atoms. The van der Waals surface area contributed by atoms with Crippen LogP contribution in [0.15, 0.2) is 57.9 Å². The second kappa shape index (κ2) is 7.88. The molecule has 1 saturated heterocycles. The molecule has 30 heavy (non-hydrogen) atoms. The number of carbonyl (C=O) groups excluding carboxylic acids is 1. The Kier molecular flexibility index (Phi) is 5.27. The minimum absolute atomic E-state index is 0.105. The van der Waals surface area contributed by atoms with E-state index in [1.807, 2.05) is 18.2 Å². The molecule has 1 aromatic heterocycles. The number of aromatic nitrogens is 2. The van der Waals surface area contributed by atoms with E-state index in [1.54, 1.807) is 13.2 Å². The summed E-state index contributed by atoms with van der Waals surface area (Å²) in [5, 5.41) is 4.00. The monoisotopic (exact) mass is 429 g/mol. The lowest BCUT2D eigenvalue weighted by Crippen LogP contribution is -2.48. The first-order valence-electron chi connectivity index (χ1n) is 9.09. The molecule has 9 nitrogen and oxygen atoms in total. The Bertz CT molecular complexity index is 1170. The van der Waals surface area contributed by atoms with Gasteiger partial charge in [0.05, 0.1) is 36.2 Å². The predicted octanol–water partition coefficient (Wildman–Crippen LogP) is 2.32. The van der Waals surface area contributed by atoms with Crippen LogP contribution in [-0.2, 0) is 14.8 Å². The fourth-order valence-electron chi connectivity index (χ4n) is 3.16. The first kappa shape index (κ1) is 20.0. The average Bonchev–Trinajstić information content (AvgIpc) is 3.21. The quantitative estimate of drug-likeness (QED) is 0.549. The van der Waals surface area contributed by atoms with Crippen molar-refractivity contribution < 1.29 is 27.2 Å². The lowest BCUT2D eigenvalue weighted by molar-refractivity contribution is 0.0600. The van der Waals surface area contributed by atoms with E-state index in [-0.39, 0.29) is 29.5 Å². The molecule has 3 aromatic rings. The molecule has 0 aliphatic carbocycles. The lowest BCUT2D eigenvalue weighted by atomic mass is 10.0. The third kappa shape index (κ3) is 3.55. The zero-order valence-electron chi connectivity index (χ0n) is 16.3. The second-order valence-corrected chi connectivity index (χ2v) is 8.63. The first-order valence-corrected chi connectivity index (χ1v) is 10.5. The van der Waals surface area contributed by atoms with E-state index in [0.29, 0.717) is 23.0 Å².